The normalized spacial score (nSPS) is 26.2. The van der Waals surface area contributed by atoms with E-state index in [1.807, 2.05) is 19.3 Å². The molecule has 0 radical (unpaired) electrons. The fraction of sp³-hybridized carbons (Fsp3) is 0.462. The summed E-state index contributed by atoms with van der Waals surface area (Å²) in [4.78, 5) is 21.5. The number of quaternary nitrogens is 1. The van der Waals surface area contributed by atoms with Crippen LogP contribution in [0.15, 0.2) is 11.2 Å². The summed E-state index contributed by atoms with van der Waals surface area (Å²) in [5, 5.41) is 0.723. The molecule has 2 heterocycles. The van der Waals surface area contributed by atoms with Gasteiger partial charge in [0.25, 0.3) is 5.82 Å². The maximum Gasteiger partial charge on any atom is 0.355 e. The predicted octanol–water partition coefficient (Wildman–Crippen LogP) is 3.23. The Morgan fingerprint density at radius 2 is 2.11 bits per heavy atom. The van der Waals surface area contributed by atoms with Gasteiger partial charge >= 0.3 is 5.91 Å². The number of carbonyl (C=O) groups excluding carboxylic acids is 1. The Kier molecular flexibility index (Phi) is 3.27. The van der Waals surface area contributed by atoms with Crippen molar-refractivity contribution in [2.45, 2.75) is 37.4 Å². The smallest absolute Gasteiger partial charge is 0.227 e. The number of aromatic nitrogens is 2. The zero-order chi connectivity index (χ0) is 13.6. The molecule has 0 aromatic carbocycles. The van der Waals surface area contributed by atoms with Crippen LogP contribution in [0.2, 0.25) is 0 Å². The summed E-state index contributed by atoms with van der Waals surface area (Å²) >= 11 is 5.18. The molecule has 1 amide bonds. The minimum Gasteiger partial charge on any atom is -0.227 e. The number of hydrogen-bond donors (Lipinski definition) is 0. The third-order valence-corrected chi connectivity index (χ3v) is 5.69. The number of nitrogens with zero attached hydrogens (tertiary/aromatic N) is 3. The molecule has 1 aromatic heterocycles. The second kappa shape index (κ2) is 4.68. The van der Waals surface area contributed by atoms with E-state index in [0.29, 0.717) is 6.04 Å². The minimum atomic E-state index is 0.0577. The zero-order valence-corrected chi connectivity index (χ0v) is 13.3. The zero-order valence-electron chi connectivity index (χ0n) is 10.9. The standard InChI is InChI=1S/C13H15BrN3OS/c1-8-10-6-7-11(18)17(14,9-4-3-5-9)12(10)16-13(15-8)19-2/h6-7,9H,3-5H2,1-2H3/q+1. The highest BCUT2D eigenvalue weighted by Gasteiger charge is 2.51. The topological polar surface area (TPSA) is 42.9 Å². The first-order valence-electron chi connectivity index (χ1n) is 6.31. The molecule has 1 fully saturated rings. The molecule has 6 heteroatoms. The van der Waals surface area contributed by atoms with Gasteiger partial charge in [-0.15, -0.1) is 3.51 Å². The van der Waals surface area contributed by atoms with E-state index in [0.717, 1.165) is 35.1 Å². The summed E-state index contributed by atoms with van der Waals surface area (Å²) in [7, 11) is 0. The summed E-state index contributed by atoms with van der Waals surface area (Å²) in [6.45, 7) is 1.97. The molecular formula is C13H15BrN3OS+. The molecule has 0 N–H and O–H groups in total. The molecular weight excluding hydrogens is 326 g/mol. The first-order valence-corrected chi connectivity index (χ1v) is 8.25. The SMILES string of the molecule is CSc1nc(C)c2c(n1)[N+](Br)(C1CCC1)C(=O)C=C2. The van der Waals surface area contributed by atoms with Crippen LogP contribution in [0.5, 0.6) is 0 Å². The average Bonchev–Trinajstić information content (AvgIpc) is 2.32. The molecule has 1 unspecified atom stereocenters. The van der Waals surface area contributed by atoms with Gasteiger partial charge in [0.1, 0.15) is 6.04 Å². The summed E-state index contributed by atoms with van der Waals surface area (Å²) in [5.41, 5.74) is 1.90. The van der Waals surface area contributed by atoms with Gasteiger partial charge < -0.3 is 0 Å². The lowest BCUT2D eigenvalue weighted by Crippen LogP contribution is -2.56. The number of aryl methyl sites for hydroxylation is 1. The molecule has 0 saturated heterocycles. The molecule has 4 nitrogen and oxygen atoms in total. The predicted molar refractivity (Wildman–Crippen MR) is 81.0 cm³/mol. The van der Waals surface area contributed by atoms with Crippen LogP contribution in [-0.4, -0.2) is 28.2 Å². The molecule has 1 aliphatic heterocycles. The van der Waals surface area contributed by atoms with E-state index in [9.17, 15) is 4.79 Å². The van der Waals surface area contributed by atoms with E-state index >= 15 is 0 Å². The van der Waals surface area contributed by atoms with Crippen molar-refractivity contribution in [1.82, 2.24) is 13.5 Å². The molecule has 1 aromatic rings. The van der Waals surface area contributed by atoms with Gasteiger partial charge in [-0.25, -0.2) is 9.78 Å². The number of halogens is 1. The van der Waals surface area contributed by atoms with Crippen LogP contribution in [0.4, 0.5) is 5.82 Å². The van der Waals surface area contributed by atoms with E-state index < -0.39 is 0 Å². The molecule has 0 bridgehead atoms. The Labute approximate surface area is 125 Å². The Hall–Kier alpha value is -0.720. The monoisotopic (exact) mass is 340 g/mol. The maximum atomic E-state index is 12.4. The van der Waals surface area contributed by atoms with Gasteiger partial charge in [0, 0.05) is 18.9 Å². The molecule has 100 valence electrons. The molecule has 2 aliphatic rings. The molecule has 1 atom stereocenters. The number of hydrogen-bond acceptors (Lipinski definition) is 4. The Bertz CT molecular complexity index is 585. The second-order valence-electron chi connectivity index (χ2n) is 4.93. The van der Waals surface area contributed by atoms with Crippen molar-refractivity contribution in [2.24, 2.45) is 0 Å². The van der Waals surface area contributed by atoms with Gasteiger partial charge in [-0.05, 0) is 25.7 Å². The average molecular weight is 341 g/mol. The first-order chi connectivity index (χ1) is 9.07. The number of amides is 1. The van der Waals surface area contributed by atoms with Gasteiger partial charge in [-0.3, -0.25) is 0 Å². The molecule has 0 spiro atoms. The maximum absolute atomic E-state index is 12.4. The van der Waals surface area contributed by atoms with Crippen molar-refractivity contribution in [3.63, 3.8) is 0 Å². The van der Waals surface area contributed by atoms with Gasteiger partial charge in [-0.1, -0.05) is 11.8 Å². The highest BCUT2D eigenvalue weighted by atomic mass is 79.9. The van der Waals surface area contributed by atoms with Crippen molar-refractivity contribution in [2.75, 3.05) is 6.26 Å². The summed E-state index contributed by atoms with van der Waals surface area (Å²) in [6.07, 6.45) is 8.73. The van der Waals surface area contributed by atoms with E-state index in [4.69, 9.17) is 0 Å². The number of thioether (sulfide) groups is 1. The van der Waals surface area contributed by atoms with Crippen LogP contribution >= 0.6 is 27.9 Å². The molecule has 3 rings (SSSR count). The lowest BCUT2D eigenvalue weighted by Gasteiger charge is -2.40. The first kappa shape index (κ1) is 13.3. The number of rotatable bonds is 2. The van der Waals surface area contributed by atoms with E-state index in [1.165, 1.54) is 18.2 Å². The van der Waals surface area contributed by atoms with Crippen molar-refractivity contribution >= 4 is 45.7 Å². The van der Waals surface area contributed by atoms with Crippen molar-refractivity contribution in [3.8, 4) is 0 Å². The Morgan fingerprint density at radius 1 is 1.37 bits per heavy atom. The van der Waals surface area contributed by atoms with Crippen molar-refractivity contribution in [3.05, 3.63) is 17.3 Å². The van der Waals surface area contributed by atoms with E-state index in [1.54, 1.807) is 6.08 Å². The highest BCUT2D eigenvalue weighted by molar-refractivity contribution is 9.09. The minimum absolute atomic E-state index is 0.0577. The summed E-state index contributed by atoms with van der Waals surface area (Å²) in [6, 6.07) is 0.292. The number of fused-ring (bicyclic) bond motifs is 1. The van der Waals surface area contributed by atoms with Crippen LogP contribution in [0.3, 0.4) is 0 Å². The second-order valence-corrected chi connectivity index (χ2v) is 6.82. The third kappa shape index (κ3) is 1.88. The third-order valence-electron chi connectivity index (χ3n) is 3.88. The van der Waals surface area contributed by atoms with Crippen molar-refractivity contribution < 1.29 is 4.79 Å². The quantitative estimate of drug-likeness (QED) is 0.471. The van der Waals surface area contributed by atoms with Crippen molar-refractivity contribution in [1.29, 1.82) is 0 Å². The van der Waals surface area contributed by atoms with E-state index in [-0.39, 0.29) is 9.42 Å². The van der Waals surface area contributed by atoms with Gasteiger partial charge in [0.2, 0.25) is 16.1 Å². The van der Waals surface area contributed by atoms with Crippen LogP contribution < -0.4 is 3.51 Å². The molecule has 1 aliphatic carbocycles. The largest absolute Gasteiger partial charge is 0.355 e. The van der Waals surface area contributed by atoms with Crippen LogP contribution in [0.1, 0.15) is 30.5 Å². The summed E-state index contributed by atoms with van der Waals surface area (Å²) < 4.78 is 0.135. The lowest BCUT2D eigenvalue weighted by molar-refractivity contribution is -0.122. The molecule has 1 saturated carbocycles. The lowest BCUT2D eigenvalue weighted by atomic mass is 9.90. The van der Waals surface area contributed by atoms with E-state index in [2.05, 4.69) is 26.1 Å². The van der Waals surface area contributed by atoms with Crippen LogP contribution in [0.25, 0.3) is 6.08 Å². The Balaban J connectivity index is 2.21. The van der Waals surface area contributed by atoms with Gasteiger partial charge in [0.05, 0.1) is 11.3 Å². The van der Waals surface area contributed by atoms with Crippen LogP contribution in [-0.2, 0) is 4.79 Å². The molecule has 19 heavy (non-hydrogen) atoms. The summed E-state index contributed by atoms with van der Waals surface area (Å²) in [5.74, 6) is 0.858. The number of carbonyl (C=O) groups is 1. The fourth-order valence-corrected chi connectivity index (χ4v) is 3.74. The van der Waals surface area contributed by atoms with Gasteiger partial charge in [-0.2, -0.15) is 4.98 Å². The Morgan fingerprint density at radius 3 is 2.68 bits per heavy atom. The van der Waals surface area contributed by atoms with Crippen LogP contribution in [0, 0.1) is 6.92 Å². The van der Waals surface area contributed by atoms with Gasteiger partial charge in [0.15, 0.2) is 5.16 Å². The fourth-order valence-electron chi connectivity index (χ4n) is 2.54. The highest BCUT2D eigenvalue weighted by Crippen LogP contribution is 2.44.